The molecule has 0 aliphatic heterocycles. The monoisotopic (exact) mass is 381 g/mol. The number of methoxy groups -OCH3 is 1. The molecule has 0 aliphatic carbocycles. The van der Waals surface area contributed by atoms with Crippen molar-refractivity contribution in [3.8, 4) is 5.75 Å². The molecule has 0 unspecified atom stereocenters. The molecule has 0 fully saturated rings. The summed E-state index contributed by atoms with van der Waals surface area (Å²) < 4.78 is 43.9. The number of benzene rings is 1. The predicted molar refractivity (Wildman–Crippen MR) is 92.3 cm³/mol. The molecule has 0 saturated heterocycles. The van der Waals surface area contributed by atoms with Crippen molar-refractivity contribution in [3.05, 3.63) is 53.2 Å². The molecule has 0 atom stereocenters. The van der Waals surface area contributed by atoms with Crippen molar-refractivity contribution in [1.29, 1.82) is 0 Å². The molecule has 27 heavy (non-hydrogen) atoms. The quantitative estimate of drug-likeness (QED) is 0.804. The molecule has 2 amide bonds. The topological polar surface area (TPSA) is 80.3 Å². The average Bonchev–Trinajstić information content (AvgIpc) is 2.65. The van der Waals surface area contributed by atoms with E-state index in [1.807, 2.05) is 0 Å². The van der Waals surface area contributed by atoms with Crippen LogP contribution in [0.15, 0.2) is 36.5 Å². The van der Waals surface area contributed by atoms with Gasteiger partial charge in [0.2, 0.25) is 5.91 Å². The maximum absolute atomic E-state index is 13.0. The SMILES string of the molecule is CCC(=O)Nc1cc(C(=O)NCc2ccc(OC)c(C(F)(F)F)c2)ccn1. The average molecular weight is 381 g/mol. The Hall–Kier alpha value is -3.10. The summed E-state index contributed by atoms with van der Waals surface area (Å²) in [7, 11) is 1.16. The molecule has 2 rings (SSSR count). The van der Waals surface area contributed by atoms with Gasteiger partial charge in [0.05, 0.1) is 12.7 Å². The van der Waals surface area contributed by atoms with Crippen molar-refractivity contribution in [3.63, 3.8) is 0 Å². The number of nitrogens with zero attached hydrogens (tertiary/aromatic N) is 1. The van der Waals surface area contributed by atoms with Gasteiger partial charge in [-0.2, -0.15) is 13.2 Å². The van der Waals surface area contributed by atoms with Crippen LogP contribution in [0.2, 0.25) is 0 Å². The minimum Gasteiger partial charge on any atom is -0.496 e. The van der Waals surface area contributed by atoms with Crippen molar-refractivity contribution in [2.45, 2.75) is 26.1 Å². The van der Waals surface area contributed by atoms with Crippen LogP contribution in [0, 0.1) is 0 Å². The van der Waals surface area contributed by atoms with Crippen molar-refractivity contribution >= 4 is 17.6 Å². The number of aromatic nitrogens is 1. The zero-order valence-corrected chi connectivity index (χ0v) is 14.7. The number of hydrogen-bond acceptors (Lipinski definition) is 4. The van der Waals surface area contributed by atoms with Gasteiger partial charge >= 0.3 is 6.18 Å². The van der Waals surface area contributed by atoms with Gasteiger partial charge < -0.3 is 15.4 Å². The summed E-state index contributed by atoms with van der Waals surface area (Å²) >= 11 is 0. The van der Waals surface area contributed by atoms with Gasteiger partial charge in [0.15, 0.2) is 0 Å². The number of nitrogens with one attached hydrogen (secondary N) is 2. The van der Waals surface area contributed by atoms with E-state index in [2.05, 4.69) is 15.6 Å². The highest BCUT2D eigenvalue weighted by Crippen LogP contribution is 2.36. The van der Waals surface area contributed by atoms with Gasteiger partial charge in [-0.05, 0) is 29.8 Å². The molecule has 1 heterocycles. The summed E-state index contributed by atoms with van der Waals surface area (Å²) in [5.74, 6) is -0.826. The third-order valence-electron chi connectivity index (χ3n) is 3.63. The summed E-state index contributed by atoms with van der Waals surface area (Å²) in [5, 5.41) is 5.07. The maximum atomic E-state index is 13.0. The molecule has 144 valence electrons. The van der Waals surface area contributed by atoms with E-state index in [0.29, 0.717) is 0 Å². The number of amides is 2. The van der Waals surface area contributed by atoms with E-state index >= 15 is 0 Å². The Labute approximate surface area is 153 Å². The normalized spacial score (nSPS) is 11.0. The molecule has 9 heteroatoms. The summed E-state index contributed by atoms with van der Waals surface area (Å²) in [6, 6.07) is 6.39. The summed E-state index contributed by atoms with van der Waals surface area (Å²) in [5.41, 5.74) is -0.420. The molecule has 0 aliphatic rings. The lowest BCUT2D eigenvalue weighted by atomic mass is 10.1. The molecule has 0 saturated carbocycles. The fourth-order valence-corrected chi connectivity index (χ4v) is 2.24. The Kier molecular flexibility index (Phi) is 6.38. The molecule has 1 aromatic carbocycles. The van der Waals surface area contributed by atoms with Crippen LogP contribution in [0.3, 0.4) is 0 Å². The molecular weight excluding hydrogens is 363 g/mol. The fraction of sp³-hybridized carbons (Fsp3) is 0.278. The Bertz CT molecular complexity index is 838. The van der Waals surface area contributed by atoms with Crippen LogP contribution >= 0.6 is 0 Å². The zero-order chi connectivity index (χ0) is 20.0. The van der Waals surface area contributed by atoms with Crippen LogP contribution < -0.4 is 15.4 Å². The summed E-state index contributed by atoms with van der Waals surface area (Å²) in [6.45, 7) is 1.57. The van der Waals surface area contributed by atoms with Gasteiger partial charge in [-0.25, -0.2) is 4.98 Å². The minimum absolute atomic E-state index is 0.106. The summed E-state index contributed by atoms with van der Waals surface area (Å²) in [4.78, 5) is 27.6. The number of pyridine rings is 1. The second kappa shape index (κ2) is 8.52. The molecule has 0 bridgehead atoms. The second-order valence-electron chi connectivity index (χ2n) is 5.55. The first-order valence-corrected chi connectivity index (χ1v) is 8.02. The Morgan fingerprint density at radius 2 is 1.93 bits per heavy atom. The molecule has 0 spiro atoms. The van der Waals surface area contributed by atoms with E-state index in [-0.39, 0.29) is 41.6 Å². The van der Waals surface area contributed by atoms with Gasteiger partial charge in [0, 0.05) is 24.7 Å². The third-order valence-corrected chi connectivity index (χ3v) is 3.63. The van der Waals surface area contributed by atoms with Gasteiger partial charge in [0.25, 0.3) is 5.91 Å². The Balaban J connectivity index is 2.10. The van der Waals surface area contributed by atoms with Gasteiger partial charge in [-0.15, -0.1) is 0 Å². The molecule has 2 N–H and O–H groups in total. The lowest BCUT2D eigenvalue weighted by Crippen LogP contribution is -2.23. The highest BCUT2D eigenvalue weighted by atomic mass is 19.4. The number of anilines is 1. The minimum atomic E-state index is -4.57. The lowest BCUT2D eigenvalue weighted by Gasteiger charge is -2.14. The Morgan fingerprint density at radius 3 is 2.56 bits per heavy atom. The first-order chi connectivity index (χ1) is 12.7. The van der Waals surface area contributed by atoms with Crippen LogP contribution in [0.25, 0.3) is 0 Å². The van der Waals surface area contributed by atoms with E-state index in [4.69, 9.17) is 4.74 Å². The highest BCUT2D eigenvalue weighted by Gasteiger charge is 2.34. The van der Waals surface area contributed by atoms with E-state index < -0.39 is 17.6 Å². The number of ether oxygens (including phenoxy) is 1. The number of halogens is 3. The summed E-state index contributed by atoms with van der Waals surface area (Å²) in [6.07, 6.45) is -2.95. The predicted octanol–water partition coefficient (Wildman–Crippen LogP) is 3.39. The first-order valence-electron chi connectivity index (χ1n) is 8.02. The van der Waals surface area contributed by atoms with Crippen molar-refractivity contribution in [1.82, 2.24) is 10.3 Å². The van der Waals surface area contributed by atoms with Crippen molar-refractivity contribution in [2.75, 3.05) is 12.4 Å². The van der Waals surface area contributed by atoms with Crippen LogP contribution in [-0.2, 0) is 17.5 Å². The first kappa shape index (κ1) is 20.2. The number of carbonyl (C=O) groups excluding carboxylic acids is 2. The number of hydrogen-bond donors (Lipinski definition) is 2. The third kappa shape index (κ3) is 5.44. The lowest BCUT2D eigenvalue weighted by molar-refractivity contribution is -0.138. The molecule has 2 aromatic rings. The van der Waals surface area contributed by atoms with Crippen LogP contribution in [0.5, 0.6) is 5.75 Å². The molecule has 6 nitrogen and oxygen atoms in total. The van der Waals surface area contributed by atoms with Gasteiger partial charge in [-0.1, -0.05) is 13.0 Å². The highest BCUT2D eigenvalue weighted by molar-refractivity contribution is 5.96. The molecule has 0 radical (unpaired) electrons. The van der Waals surface area contributed by atoms with Crippen LogP contribution in [-0.4, -0.2) is 23.9 Å². The van der Waals surface area contributed by atoms with Crippen LogP contribution in [0.1, 0.15) is 34.8 Å². The smallest absolute Gasteiger partial charge is 0.419 e. The molecular formula is C18H18F3N3O3. The Morgan fingerprint density at radius 1 is 1.19 bits per heavy atom. The van der Waals surface area contributed by atoms with Crippen molar-refractivity contribution < 1.29 is 27.5 Å². The fourth-order valence-electron chi connectivity index (χ4n) is 2.24. The largest absolute Gasteiger partial charge is 0.496 e. The number of alkyl halides is 3. The van der Waals surface area contributed by atoms with E-state index in [1.165, 1.54) is 30.5 Å². The van der Waals surface area contributed by atoms with Crippen molar-refractivity contribution in [2.24, 2.45) is 0 Å². The van der Waals surface area contributed by atoms with Gasteiger partial charge in [-0.3, -0.25) is 9.59 Å². The number of rotatable bonds is 6. The zero-order valence-electron chi connectivity index (χ0n) is 14.7. The maximum Gasteiger partial charge on any atom is 0.419 e. The van der Waals surface area contributed by atoms with Crippen LogP contribution in [0.4, 0.5) is 19.0 Å². The van der Waals surface area contributed by atoms with E-state index in [0.717, 1.165) is 13.2 Å². The van der Waals surface area contributed by atoms with Gasteiger partial charge in [0.1, 0.15) is 11.6 Å². The number of carbonyl (C=O) groups is 2. The van der Waals surface area contributed by atoms with E-state index in [9.17, 15) is 22.8 Å². The second-order valence-corrected chi connectivity index (χ2v) is 5.55. The molecule has 1 aromatic heterocycles. The van der Waals surface area contributed by atoms with E-state index in [1.54, 1.807) is 6.92 Å². The standard InChI is InChI=1S/C18H18F3N3O3/c1-3-16(25)24-15-9-12(6-7-22-15)17(26)23-10-11-4-5-14(27-2)13(8-11)18(19,20)21/h4-9H,3,10H2,1-2H3,(H,23,26)(H,22,24,25).